The average Bonchev–Trinajstić information content (AvgIpc) is 2.83. The van der Waals surface area contributed by atoms with Gasteiger partial charge < -0.3 is 4.74 Å². The molecule has 3 nitrogen and oxygen atoms in total. The molecule has 0 spiro atoms. The molecule has 0 amide bonds. The first kappa shape index (κ1) is 13.8. The van der Waals surface area contributed by atoms with Crippen LogP contribution in [0.4, 0.5) is 0 Å². The van der Waals surface area contributed by atoms with Crippen LogP contribution in [0.3, 0.4) is 0 Å². The number of ketones is 1. The maximum atomic E-state index is 12.3. The van der Waals surface area contributed by atoms with Crippen LogP contribution < -0.4 is 4.74 Å². The standard InChI is InChI=1S/C19H21NO2/c1-19-9-8-15-14-5-3-13(22-11-20)10-12(14)2-4-16(15)17(19)6-7-18(19)21/h3,5,10,15-17H,2,4,6-9H2,1H3/t15-,16+,17+,19-/m0/s1. The highest BCUT2D eigenvalue weighted by atomic mass is 16.5. The fourth-order valence-electron chi connectivity index (χ4n) is 5.45. The zero-order valence-corrected chi connectivity index (χ0v) is 13.0. The maximum Gasteiger partial charge on any atom is 0.292 e. The Labute approximate surface area is 131 Å². The molecule has 0 saturated heterocycles. The average molecular weight is 295 g/mol. The molecule has 0 N–H and O–H groups in total. The van der Waals surface area contributed by atoms with Crippen LogP contribution in [0.2, 0.25) is 0 Å². The van der Waals surface area contributed by atoms with E-state index in [2.05, 4.69) is 13.0 Å². The van der Waals surface area contributed by atoms with Crippen LogP contribution in [-0.4, -0.2) is 5.78 Å². The van der Waals surface area contributed by atoms with Crippen molar-refractivity contribution in [3.05, 3.63) is 29.3 Å². The van der Waals surface area contributed by atoms with Gasteiger partial charge in [0.15, 0.2) is 0 Å². The van der Waals surface area contributed by atoms with E-state index in [-0.39, 0.29) is 5.41 Å². The van der Waals surface area contributed by atoms with E-state index in [4.69, 9.17) is 10.00 Å². The Morgan fingerprint density at radius 1 is 1.27 bits per heavy atom. The number of nitriles is 1. The normalized spacial score (nSPS) is 36.0. The molecule has 0 bridgehead atoms. The van der Waals surface area contributed by atoms with Crippen molar-refractivity contribution in [2.75, 3.05) is 0 Å². The van der Waals surface area contributed by atoms with Gasteiger partial charge in [-0.15, -0.1) is 5.26 Å². The molecule has 0 heterocycles. The lowest BCUT2D eigenvalue weighted by atomic mass is 9.55. The minimum atomic E-state index is -0.0530. The van der Waals surface area contributed by atoms with Crippen molar-refractivity contribution < 1.29 is 9.53 Å². The molecule has 1 aromatic rings. The fraction of sp³-hybridized carbons (Fsp3) is 0.579. The third kappa shape index (κ3) is 1.83. The molecule has 3 aliphatic rings. The second-order valence-electron chi connectivity index (χ2n) is 7.39. The Balaban J connectivity index is 1.68. The summed E-state index contributed by atoms with van der Waals surface area (Å²) in [5, 5.41) is 8.66. The van der Waals surface area contributed by atoms with Crippen LogP contribution in [0.25, 0.3) is 0 Å². The first-order valence-electron chi connectivity index (χ1n) is 8.35. The summed E-state index contributed by atoms with van der Waals surface area (Å²) in [7, 11) is 0. The van der Waals surface area contributed by atoms with Crippen LogP contribution in [0.1, 0.15) is 56.1 Å². The summed E-state index contributed by atoms with van der Waals surface area (Å²) < 4.78 is 4.97. The number of aryl methyl sites for hydroxylation is 1. The Morgan fingerprint density at radius 3 is 2.95 bits per heavy atom. The van der Waals surface area contributed by atoms with Crippen molar-refractivity contribution in [1.82, 2.24) is 0 Å². The number of hydrogen-bond acceptors (Lipinski definition) is 3. The minimum absolute atomic E-state index is 0.0530. The smallest absolute Gasteiger partial charge is 0.292 e. The minimum Gasteiger partial charge on any atom is -0.388 e. The van der Waals surface area contributed by atoms with Crippen LogP contribution in [0.5, 0.6) is 5.75 Å². The van der Waals surface area contributed by atoms with Crippen LogP contribution in [0.15, 0.2) is 18.2 Å². The fourth-order valence-corrected chi connectivity index (χ4v) is 5.45. The number of nitrogens with zero attached hydrogens (tertiary/aromatic N) is 1. The number of Topliss-reactive ketones (excluding diaryl/α,β-unsaturated/α-hetero) is 1. The van der Waals surface area contributed by atoms with E-state index in [1.807, 2.05) is 12.1 Å². The molecule has 0 radical (unpaired) electrons. The summed E-state index contributed by atoms with van der Waals surface area (Å²) in [6.45, 7) is 2.21. The molecule has 22 heavy (non-hydrogen) atoms. The summed E-state index contributed by atoms with van der Waals surface area (Å²) in [5.41, 5.74) is 2.72. The molecule has 0 aromatic heterocycles. The predicted molar refractivity (Wildman–Crippen MR) is 82.3 cm³/mol. The zero-order valence-electron chi connectivity index (χ0n) is 13.0. The van der Waals surface area contributed by atoms with Gasteiger partial charge in [0, 0.05) is 11.8 Å². The summed E-state index contributed by atoms with van der Waals surface area (Å²) in [4.78, 5) is 12.3. The molecular weight excluding hydrogens is 274 g/mol. The molecular formula is C19H21NO2. The van der Waals surface area contributed by atoms with Crippen LogP contribution in [-0.2, 0) is 11.2 Å². The van der Waals surface area contributed by atoms with Gasteiger partial charge in [0.1, 0.15) is 11.5 Å². The van der Waals surface area contributed by atoms with E-state index >= 15 is 0 Å². The topological polar surface area (TPSA) is 50.1 Å². The lowest BCUT2D eigenvalue weighted by molar-refractivity contribution is -0.129. The van der Waals surface area contributed by atoms with Gasteiger partial charge in [-0.2, -0.15) is 0 Å². The van der Waals surface area contributed by atoms with Crippen molar-refractivity contribution in [1.29, 1.82) is 5.26 Å². The number of rotatable bonds is 1. The van der Waals surface area contributed by atoms with Crippen molar-refractivity contribution in [3.8, 4) is 12.0 Å². The maximum absolute atomic E-state index is 12.3. The second-order valence-corrected chi connectivity index (χ2v) is 7.39. The van der Waals surface area contributed by atoms with E-state index in [0.29, 0.717) is 29.3 Å². The van der Waals surface area contributed by atoms with E-state index in [1.54, 1.807) is 6.26 Å². The molecule has 3 heteroatoms. The molecule has 2 fully saturated rings. The zero-order chi connectivity index (χ0) is 15.3. The number of fused-ring (bicyclic) bond motifs is 5. The summed E-state index contributed by atoms with van der Waals surface area (Å²) in [6.07, 6.45) is 7.98. The van der Waals surface area contributed by atoms with Gasteiger partial charge in [-0.1, -0.05) is 13.0 Å². The number of benzene rings is 1. The highest BCUT2D eigenvalue weighted by molar-refractivity contribution is 5.87. The molecule has 0 aliphatic heterocycles. The SMILES string of the molecule is C[C@]12CC[C@H]3c4ccc(OC#N)cc4CC[C@H]3[C@H]1CCC2=O. The van der Waals surface area contributed by atoms with Gasteiger partial charge in [-0.05, 0) is 73.1 Å². The van der Waals surface area contributed by atoms with Crippen LogP contribution >= 0.6 is 0 Å². The monoisotopic (exact) mass is 295 g/mol. The van der Waals surface area contributed by atoms with Gasteiger partial charge in [-0.25, -0.2) is 0 Å². The number of carbonyl (C=O) groups is 1. The van der Waals surface area contributed by atoms with Gasteiger partial charge >= 0.3 is 0 Å². The quantitative estimate of drug-likeness (QED) is 0.736. The lowest BCUT2D eigenvalue weighted by Crippen LogP contribution is -2.42. The van der Waals surface area contributed by atoms with Crippen molar-refractivity contribution >= 4 is 5.78 Å². The van der Waals surface area contributed by atoms with Gasteiger partial charge in [-0.3, -0.25) is 4.79 Å². The van der Waals surface area contributed by atoms with Crippen LogP contribution in [0, 0.1) is 28.8 Å². The van der Waals surface area contributed by atoms with Gasteiger partial charge in [0.05, 0.1) is 0 Å². The van der Waals surface area contributed by atoms with Crippen molar-refractivity contribution in [2.45, 2.75) is 51.4 Å². The van der Waals surface area contributed by atoms with E-state index in [1.165, 1.54) is 17.5 Å². The third-order valence-corrected chi connectivity index (χ3v) is 6.57. The van der Waals surface area contributed by atoms with Gasteiger partial charge in [0.2, 0.25) is 0 Å². The van der Waals surface area contributed by atoms with E-state index in [9.17, 15) is 4.79 Å². The highest BCUT2D eigenvalue weighted by Crippen LogP contribution is 2.59. The molecule has 2 saturated carbocycles. The van der Waals surface area contributed by atoms with Crippen molar-refractivity contribution in [3.63, 3.8) is 0 Å². The predicted octanol–water partition coefficient (Wildman–Crippen LogP) is 3.97. The van der Waals surface area contributed by atoms with Crippen molar-refractivity contribution in [2.24, 2.45) is 17.3 Å². The third-order valence-electron chi connectivity index (χ3n) is 6.57. The second kappa shape index (κ2) is 4.84. The molecule has 3 aliphatic carbocycles. The Bertz CT molecular complexity index is 675. The summed E-state index contributed by atoms with van der Waals surface area (Å²) >= 11 is 0. The van der Waals surface area contributed by atoms with E-state index < -0.39 is 0 Å². The molecule has 1 aromatic carbocycles. The Hall–Kier alpha value is -1.82. The largest absolute Gasteiger partial charge is 0.388 e. The first-order chi connectivity index (χ1) is 10.6. The molecule has 0 unspecified atom stereocenters. The number of ether oxygens (including phenoxy) is 1. The molecule has 114 valence electrons. The van der Waals surface area contributed by atoms with E-state index in [0.717, 1.165) is 32.1 Å². The first-order valence-corrected chi connectivity index (χ1v) is 8.35. The highest BCUT2D eigenvalue weighted by Gasteiger charge is 2.54. The molecule has 4 atom stereocenters. The summed E-state index contributed by atoms with van der Waals surface area (Å²) in [6, 6.07) is 6.10. The Kier molecular flexibility index (Phi) is 3.04. The molecule has 4 rings (SSSR count). The van der Waals surface area contributed by atoms with Gasteiger partial charge in [0.25, 0.3) is 6.26 Å². The number of hydrogen-bond donors (Lipinski definition) is 0. The lowest BCUT2D eigenvalue weighted by Gasteiger charge is -2.48. The summed E-state index contributed by atoms with van der Waals surface area (Å²) in [5.74, 6) is 2.96. The number of carbonyl (C=O) groups excluding carboxylic acids is 1. The Morgan fingerprint density at radius 2 is 2.14 bits per heavy atom.